The molecule has 0 radical (unpaired) electrons. The van der Waals surface area contributed by atoms with Crippen molar-refractivity contribution in [2.45, 2.75) is 6.04 Å². The second-order valence-corrected chi connectivity index (χ2v) is 1.13. The van der Waals surface area contributed by atoms with Gasteiger partial charge in [0.1, 0.15) is 6.04 Å². The minimum absolute atomic E-state index is 0. The molecule has 0 aliphatic rings. The zero-order chi connectivity index (χ0) is 5.86. The van der Waals surface area contributed by atoms with Crippen molar-refractivity contribution in [1.82, 2.24) is 0 Å². The molecule has 0 amide bonds. The Bertz CT molecular complexity index is 76.9. The molecule has 0 unspecified atom stereocenters. The summed E-state index contributed by atoms with van der Waals surface area (Å²) < 4.78 is 0. The van der Waals surface area contributed by atoms with Gasteiger partial charge in [-0.15, -0.1) is 0 Å². The normalized spacial score (nSPS) is 11.8. The number of carbonyl (C=O) groups is 1. The summed E-state index contributed by atoms with van der Waals surface area (Å²) >= 11 is 0. The van der Waals surface area contributed by atoms with E-state index in [1.54, 1.807) is 0 Å². The van der Waals surface area contributed by atoms with E-state index in [0.29, 0.717) is 0 Å². The number of rotatable bonds is 2. The van der Waals surface area contributed by atoms with Crippen LogP contribution in [0.5, 0.6) is 0 Å². The molecule has 1 atom stereocenters. The fourth-order valence-electron chi connectivity index (χ4n) is 0.0781. The van der Waals surface area contributed by atoms with Gasteiger partial charge in [0.15, 0.2) is 0 Å². The number of aliphatic hydroxyl groups excluding tert-OH is 1. The number of nitrogens with two attached hydrogens (primary N) is 1. The summed E-state index contributed by atoms with van der Waals surface area (Å²) in [5.41, 5.74) is 4.77. The standard InChI is InChI=1S/C3H7NO3.Bi.3H/c4-2(1-5)3(6)7;;;;/h2,5H,1,4H2,(H,6,7);;;;/t2-;;;;/m0..../s1. The van der Waals surface area contributed by atoms with Gasteiger partial charge in [0.05, 0.1) is 6.61 Å². The molecule has 0 heterocycles. The van der Waals surface area contributed by atoms with Gasteiger partial charge in [-0.1, -0.05) is 0 Å². The Balaban J connectivity index is 0. The SMILES string of the molecule is N[C@@H](CO)C(=O)O.[BiH3]. The van der Waals surface area contributed by atoms with Gasteiger partial charge in [0.25, 0.3) is 0 Å². The molecule has 0 saturated carbocycles. The van der Waals surface area contributed by atoms with E-state index < -0.39 is 18.6 Å². The van der Waals surface area contributed by atoms with Crippen molar-refractivity contribution in [3.05, 3.63) is 0 Å². The second-order valence-electron chi connectivity index (χ2n) is 1.13. The third kappa shape index (κ3) is 4.43. The topological polar surface area (TPSA) is 83.5 Å². The van der Waals surface area contributed by atoms with Crippen molar-refractivity contribution in [1.29, 1.82) is 0 Å². The molecule has 0 aromatic heterocycles. The maximum atomic E-state index is 9.65. The Morgan fingerprint density at radius 2 is 2.12 bits per heavy atom. The summed E-state index contributed by atoms with van der Waals surface area (Å²) in [7, 11) is 0. The summed E-state index contributed by atoms with van der Waals surface area (Å²) in [4.78, 5) is 9.65. The van der Waals surface area contributed by atoms with Gasteiger partial charge in [-0.25, -0.2) is 0 Å². The number of hydrogen-bond acceptors (Lipinski definition) is 3. The van der Waals surface area contributed by atoms with Crippen LogP contribution < -0.4 is 5.73 Å². The van der Waals surface area contributed by atoms with E-state index >= 15 is 0 Å². The molecule has 0 saturated heterocycles. The van der Waals surface area contributed by atoms with Crippen molar-refractivity contribution < 1.29 is 15.0 Å². The van der Waals surface area contributed by atoms with Crippen molar-refractivity contribution in [3.63, 3.8) is 0 Å². The molecule has 0 aromatic carbocycles. The number of aliphatic hydroxyl groups is 1. The molecule has 50 valence electrons. The van der Waals surface area contributed by atoms with Crippen LogP contribution in [0.25, 0.3) is 0 Å². The monoisotopic (exact) mass is 317 g/mol. The fraction of sp³-hybridized carbons (Fsp3) is 0.667. The van der Waals surface area contributed by atoms with Crippen LogP contribution in [-0.2, 0) is 4.79 Å². The summed E-state index contributed by atoms with van der Waals surface area (Å²) in [5, 5.41) is 15.9. The molecule has 4 nitrogen and oxygen atoms in total. The summed E-state index contributed by atoms with van der Waals surface area (Å²) in [5.74, 6) is -1.18. The Morgan fingerprint density at radius 1 is 1.75 bits per heavy atom. The number of carboxylic acid groups (broad SMARTS) is 1. The molecule has 4 N–H and O–H groups in total. The predicted octanol–water partition coefficient (Wildman–Crippen LogP) is -2.79. The number of carboxylic acids is 1. The van der Waals surface area contributed by atoms with Crippen LogP contribution in [0.3, 0.4) is 0 Å². The van der Waals surface area contributed by atoms with Gasteiger partial charge >= 0.3 is 32.2 Å². The van der Waals surface area contributed by atoms with E-state index in [-0.39, 0.29) is 26.2 Å². The first-order valence-corrected chi connectivity index (χ1v) is 1.77. The predicted molar refractivity (Wildman–Crippen MR) is 32.6 cm³/mol. The molecule has 0 rings (SSSR count). The van der Waals surface area contributed by atoms with Crippen molar-refractivity contribution in [2.24, 2.45) is 5.73 Å². The van der Waals surface area contributed by atoms with Gasteiger partial charge in [0.2, 0.25) is 0 Å². The Kier molecular flexibility index (Phi) is 7.52. The summed E-state index contributed by atoms with van der Waals surface area (Å²) in [6.07, 6.45) is 0. The molecule has 0 spiro atoms. The van der Waals surface area contributed by atoms with Crippen molar-refractivity contribution in [3.8, 4) is 0 Å². The molecule has 5 heteroatoms. The molecule has 0 bridgehead atoms. The molecular weight excluding hydrogens is 307 g/mol. The van der Waals surface area contributed by atoms with E-state index in [4.69, 9.17) is 15.9 Å². The van der Waals surface area contributed by atoms with Crippen molar-refractivity contribution in [2.75, 3.05) is 6.61 Å². The third-order valence-electron chi connectivity index (χ3n) is 0.514. The van der Waals surface area contributed by atoms with Gasteiger partial charge in [-0.2, -0.15) is 0 Å². The quantitative estimate of drug-likeness (QED) is 0.481. The third-order valence-corrected chi connectivity index (χ3v) is 0.514. The second kappa shape index (κ2) is 5.41. The Hall–Kier alpha value is 0.273. The van der Waals surface area contributed by atoms with E-state index in [9.17, 15) is 4.79 Å². The number of aliphatic carboxylic acids is 1. The molecule has 0 fully saturated rings. The maximum absolute atomic E-state index is 9.65. The fourth-order valence-corrected chi connectivity index (χ4v) is 0.0781. The average Bonchev–Trinajstić information content (AvgIpc) is 1.65. The Morgan fingerprint density at radius 3 is 2.12 bits per heavy atom. The minimum atomic E-state index is -1.18. The molecule has 8 heavy (non-hydrogen) atoms. The zero-order valence-corrected chi connectivity index (χ0v) is 9.87. The molecule has 0 aliphatic carbocycles. The van der Waals surface area contributed by atoms with Crippen LogP contribution in [0.2, 0.25) is 0 Å². The molecule has 0 aromatic rings. The van der Waals surface area contributed by atoms with E-state index in [1.165, 1.54) is 0 Å². The van der Waals surface area contributed by atoms with Crippen LogP contribution in [-0.4, -0.2) is 55.0 Å². The Labute approximate surface area is 65.8 Å². The van der Waals surface area contributed by atoms with Crippen LogP contribution in [0.15, 0.2) is 0 Å². The van der Waals surface area contributed by atoms with Gasteiger partial charge in [-0.05, 0) is 0 Å². The van der Waals surface area contributed by atoms with Crippen molar-refractivity contribution >= 4 is 32.2 Å². The first-order valence-electron chi connectivity index (χ1n) is 1.77. The van der Waals surface area contributed by atoms with E-state index in [1.807, 2.05) is 0 Å². The van der Waals surface area contributed by atoms with Gasteiger partial charge < -0.3 is 15.9 Å². The molecule has 0 aliphatic heterocycles. The van der Waals surface area contributed by atoms with Crippen LogP contribution in [0.1, 0.15) is 0 Å². The zero-order valence-electron chi connectivity index (χ0n) is 4.37. The average molecular weight is 317 g/mol. The van der Waals surface area contributed by atoms with Gasteiger partial charge in [-0.3, -0.25) is 4.79 Å². The van der Waals surface area contributed by atoms with Gasteiger partial charge in [0, 0.05) is 0 Å². The summed E-state index contributed by atoms with van der Waals surface area (Å²) in [6, 6.07) is -1.13. The van der Waals surface area contributed by atoms with E-state index in [2.05, 4.69) is 0 Å². The van der Waals surface area contributed by atoms with E-state index in [0.717, 1.165) is 0 Å². The summed E-state index contributed by atoms with van der Waals surface area (Å²) in [6.45, 7) is -0.505. The number of hydrogen-bond donors (Lipinski definition) is 3. The van der Waals surface area contributed by atoms with Crippen LogP contribution in [0, 0.1) is 0 Å². The first-order chi connectivity index (χ1) is 3.18. The van der Waals surface area contributed by atoms with Crippen LogP contribution >= 0.6 is 0 Å². The molecular formula is C3H10BiNO3. The van der Waals surface area contributed by atoms with Crippen LogP contribution in [0.4, 0.5) is 0 Å². The first kappa shape index (κ1) is 11.1.